The number of hydrogen-bond donors (Lipinski definition) is 2. The second kappa shape index (κ2) is 5.76. The summed E-state index contributed by atoms with van der Waals surface area (Å²) in [4.78, 5) is 23.5. The molecule has 1 fully saturated rings. The van der Waals surface area contributed by atoms with Crippen LogP contribution in [0.3, 0.4) is 0 Å². The van der Waals surface area contributed by atoms with Gasteiger partial charge in [0.15, 0.2) is 0 Å². The summed E-state index contributed by atoms with van der Waals surface area (Å²) in [6, 6.07) is 7.55. The maximum absolute atomic E-state index is 12.4. The molecule has 5 nitrogen and oxygen atoms in total. The zero-order valence-corrected chi connectivity index (χ0v) is 11.7. The molecule has 0 radical (unpaired) electrons. The molecule has 1 aliphatic carbocycles. The van der Waals surface area contributed by atoms with Crippen molar-refractivity contribution in [3.05, 3.63) is 29.8 Å². The molecule has 2 aliphatic rings. The fourth-order valence-corrected chi connectivity index (χ4v) is 3.22. The molecule has 0 saturated heterocycles. The highest BCUT2D eigenvalue weighted by Crippen LogP contribution is 2.33. The molecule has 112 valence electrons. The maximum Gasteiger partial charge on any atom is 0.306 e. The van der Waals surface area contributed by atoms with Gasteiger partial charge in [-0.15, -0.1) is 0 Å². The van der Waals surface area contributed by atoms with Gasteiger partial charge in [-0.05, 0) is 25.3 Å². The van der Waals surface area contributed by atoms with Crippen LogP contribution in [0.2, 0.25) is 0 Å². The third-order valence-corrected chi connectivity index (χ3v) is 4.41. The molecule has 0 bridgehead atoms. The second-order valence-electron chi connectivity index (χ2n) is 5.81. The predicted molar refractivity (Wildman–Crippen MR) is 75.9 cm³/mol. The topological polar surface area (TPSA) is 75.6 Å². The first-order chi connectivity index (χ1) is 10.1. The van der Waals surface area contributed by atoms with Gasteiger partial charge in [0.05, 0.1) is 12.0 Å². The summed E-state index contributed by atoms with van der Waals surface area (Å²) >= 11 is 0. The first kappa shape index (κ1) is 13.9. The van der Waals surface area contributed by atoms with E-state index in [-0.39, 0.29) is 23.8 Å². The molecular weight excluding hydrogens is 270 g/mol. The molecule has 21 heavy (non-hydrogen) atoms. The number of carbonyl (C=O) groups excluding carboxylic acids is 1. The van der Waals surface area contributed by atoms with E-state index in [0.29, 0.717) is 19.4 Å². The quantitative estimate of drug-likeness (QED) is 0.893. The number of carboxylic acid groups (broad SMARTS) is 1. The van der Waals surface area contributed by atoms with Gasteiger partial charge in [0.1, 0.15) is 12.4 Å². The highest BCUT2D eigenvalue weighted by atomic mass is 16.5. The van der Waals surface area contributed by atoms with Gasteiger partial charge in [-0.3, -0.25) is 9.59 Å². The second-order valence-corrected chi connectivity index (χ2v) is 5.81. The van der Waals surface area contributed by atoms with Gasteiger partial charge in [-0.2, -0.15) is 0 Å². The molecule has 1 aromatic carbocycles. The minimum atomic E-state index is -0.790. The standard InChI is InChI=1S/C16H19NO4/c18-15(10-4-3-5-11(8-10)16(19)20)17-13-9-21-14-7-2-1-6-12(13)14/h1-2,6-7,10-11,13H,3-5,8-9H2,(H,17,18)(H,19,20)/t10-,11+,13+/m0/s1. The van der Waals surface area contributed by atoms with E-state index >= 15 is 0 Å². The molecule has 3 rings (SSSR count). The van der Waals surface area contributed by atoms with Crippen molar-refractivity contribution in [2.75, 3.05) is 6.61 Å². The van der Waals surface area contributed by atoms with E-state index in [4.69, 9.17) is 9.84 Å². The number of carbonyl (C=O) groups is 2. The number of aliphatic carboxylic acids is 1. The van der Waals surface area contributed by atoms with Crippen molar-refractivity contribution in [2.24, 2.45) is 11.8 Å². The molecule has 5 heteroatoms. The Kier molecular flexibility index (Phi) is 3.82. The van der Waals surface area contributed by atoms with E-state index in [1.54, 1.807) is 0 Å². The lowest BCUT2D eigenvalue weighted by Crippen LogP contribution is -2.38. The summed E-state index contributed by atoms with van der Waals surface area (Å²) in [6.45, 7) is 0.445. The molecule has 0 spiro atoms. The highest BCUT2D eigenvalue weighted by molar-refractivity contribution is 5.80. The minimum absolute atomic E-state index is 0.0498. The van der Waals surface area contributed by atoms with Crippen LogP contribution in [0.1, 0.15) is 37.3 Å². The van der Waals surface area contributed by atoms with Gasteiger partial charge in [-0.25, -0.2) is 0 Å². The number of hydrogen-bond acceptors (Lipinski definition) is 3. The van der Waals surface area contributed by atoms with Crippen molar-refractivity contribution >= 4 is 11.9 Å². The summed E-state index contributed by atoms with van der Waals surface area (Å²) < 4.78 is 5.55. The van der Waals surface area contributed by atoms with E-state index in [2.05, 4.69) is 5.32 Å². The smallest absolute Gasteiger partial charge is 0.306 e. The molecule has 1 amide bonds. The van der Waals surface area contributed by atoms with E-state index in [9.17, 15) is 9.59 Å². The Morgan fingerprint density at radius 3 is 2.76 bits per heavy atom. The normalized spacial score (nSPS) is 27.5. The number of benzene rings is 1. The predicted octanol–water partition coefficient (Wildman–Crippen LogP) is 2.13. The van der Waals surface area contributed by atoms with Crippen molar-refractivity contribution in [1.82, 2.24) is 5.32 Å². The largest absolute Gasteiger partial charge is 0.491 e. The molecule has 3 atom stereocenters. The Labute approximate surface area is 123 Å². The van der Waals surface area contributed by atoms with E-state index in [1.807, 2.05) is 24.3 Å². The van der Waals surface area contributed by atoms with Gasteiger partial charge in [0.2, 0.25) is 5.91 Å². The summed E-state index contributed by atoms with van der Waals surface area (Å²) in [5.41, 5.74) is 0.997. The molecular formula is C16H19NO4. The Hall–Kier alpha value is -2.04. The Bertz CT molecular complexity index is 557. The minimum Gasteiger partial charge on any atom is -0.491 e. The average molecular weight is 289 g/mol. The zero-order valence-electron chi connectivity index (χ0n) is 11.7. The number of para-hydroxylation sites is 1. The van der Waals surface area contributed by atoms with Gasteiger partial charge in [0.25, 0.3) is 0 Å². The number of carboxylic acids is 1. The van der Waals surface area contributed by atoms with Crippen LogP contribution >= 0.6 is 0 Å². The first-order valence-corrected chi connectivity index (χ1v) is 7.40. The Morgan fingerprint density at radius 1 is 1.19 bits per heavy atom. The molecule has 1 aliphatic heterocycles. The lowest BCUT2D eigenvalue weighted by atomic mass is 9.81. The summed E-state index contributed by atoms with van der Waals surface area (Å²) in [5, 5.41) is 12.1. The first-order valence-electron chi connectivity index (χ1n) is 7.40. The molecule has 0 aromatic heterocycles. The van der Waals surface area contributed by atoms with Crippen molar-refractivity contribution in [3.8, 4) is 5.75 Å². The lowest BCUT2D eigenvalue weighted by molar-refractivity contribution is -0.144. The average Bonchev–Trinajstić information content (AvgIpc) is 2.91. The Balaban J connectivity index is 1.63. The zero-order chi connectivity index (χ0) is 14.8. The van der Waals surface area contributed by atoms with E-state index in [0.717, 1.165) is 24.2 Å². The number of fused-ring (bicyclic) bond motifs is 1. The van der Waals surface area contributed by atoms with Crippen LogP contribution in [-0.4, -0.2) is 23.6 Å². The lowest BCUT2D eigenvalue weighted by Gasteiger charge is -2.26. The van der Waals surface area contributed by atoms with Crippen LogP contribution in [-0.2, 0) is 9.59 Å². The van der Waals surface area contributed by atoms with Crippen LogP contribution in [0.15, 0.2) is 24.3 Å². The summed E-state index contributed by atoms with van der Waals surface area (Å²) in [5.74, 6) is -0.614. The van der Waals surface area contributed by atoms with Gasteiger partial charge >= 0.3 is 5.97 Å². The number of nitrogens with one attached hydrogen (secondary N) is 1. The van der Waals surface area contributed by atoms with Gasteiger partial charge in [-0.1, -0.05) is 24.6 Å². The van der Waals surface area contributed by atoms with E-state index in [1.165, 1.54) is 0 Å². The molecule has 1 saturated carbocycles. The highest BCUT2D eigenvalue weighted by Gasteiger charge is 2.33. The monoisotopic (exact) mass is 289 g/mol. The van der Waals surface area contributed by atoms with Crippen LogP contribution < -0.4 is 10.1 Å². The van der Waals surface area contributed by atoms with Crippen LogP contribution in [0.5, 0.6) is 5.75 Å². The third kappa shape index (κ3) is 2.86. The van der Waals surface area contributed by atoms with Crippen LogP contribution in [0, 0.1) is 11.8 Å². The van der Waals surface area contributed by atoms with Crippen molar-refractivity contribution in [2.45, 2.75) is 31.7 Å². The molecule has 0 unspecified atom stereocenters. The molecule has 2 N–H and O–H groups in total. The van der Waals surface area contributed by atoms with Crippen molar-refractivity contribution in [1.29, 1.82) is 0 Å². The third-order valence-electron chi connectivity index (χ3n) is 4.41. The maximum atomic E-state index is 12.4. The van der Waals surface area contributed by atoms with Gasteiger partial charge in [0, 0.05) is 11.5 Å². The summed E-state index contributed by atoms with van der Waals surface area (Å²) in [6.07, 6.45) is 2.68. The van der Waals surface area contributed by atoms with Gasteiger partial charge < -0.3 is 15.2 Å². The Morgan fingerprint density at radius 2 is 1.95 bits per heavy atom. The fraction of sp³-hybridized carbons (Fsp3) is 0.500. The fourth-order valence-electron chi connectivity index (χ4n) is 3.22. The molecule has 1 heterocycles. The SMILES string of the molecule is O=C(O)[C@@H]1CCC[C@H](C(=O)N[C@@H]2COc3ccccc32)C1. The van der Waals surface area contributed by atoms with Crippen molar-refractivity contribution < 1.29 is 19.4 Å². The molecule has 1 aromatic rings. The number of ether oxygens (including phenoxy) is 1. The van der Waals surface area contributed by atoms with Crippen LogP contribution in [0.4, 0.5) is 0 Å². The number of rotatable bonds is 3. The number of amides is 1. The van der Waals surface area contributed by atoms with Crippen molar-refractivity contribution in [3.63, 3.8) is 0 Å². The summed E-state index contributed by atoms with van der Waals surface area (Å²) in [7, 11) is 0. The van der Waals surface area contributed by atoms with E-state index < -0.39 is 5.97 Å². The van der Waals surface area contributed by atoms with Crippen LogP contribution in [0.25, 0.3) is 0 Å².